The maximum Gasteiger partial charge on any atom is 0.222 e. The minimum absolute atomic E-state index is 0.339. The van der Waals surface area contributed by atoms with Gasteiger partial charge in [-0.3, -0.25) is 4.79 Å². The molecule has 2 saturated carbocycles. The first-order valence-corrected chi connectivity index (χ1v) is 8.75. The summed E-state index contributed by atoms with van der Waals surface area (Å²) in [5.74, 6) is 1.29. The van der Waals surface area contributed by atoms with Crippen molar-refractivity contribution < 1.29 is 9.53 Å². The van der Waals surface area contributed by atoms with Crippen LogP contribution in [0.25, 0.3) is 0 Å². The van der Waals surface area contributed by atoms with E-state index in [2.05, 4.69) is 4.90 Å². The van der Waals surface area contributed by atoms with E-state index in [-0.39, 0.29) is 0 Å². The molecule has 2 aliphatic carbocycles. The predicted molar refractivity (Wildman–Crippen MR) is 79.5 cm³/mol. The molecule has 3 heteroatoms. The molecule has 3 fully saturated rings. The Kier molecular flexibility index (Phi) is 4.98. The smallest absolute Gasteiger partial charge is 0.222 e. The van der Waals surface area contributed by atoms with E-state index in [1.807, 2.05) is 0 Å². The SMILES string of the molecule is O=C(CCCC1CCCCC1)N1CCO[C@@H]2CCC[C@H]21. The van der Waals surface area contributed by atoms with Crippen molar-refractivity contribution >= 4 is 5.91 Å². The van der Waals surface area contributed by atoms with E-state index in [9.17, 15) is 4.79 Å². The highest BCUT2D eigenvalue weighted by Gasteiger charge is 2.37. The molecule has 3 nitrogen and oxygen atoms in total. The molecule has 3 aliphatic rings. The Morgan fingerprint density at radius 2 is 1.90 bits per heavy atom. The quantitative estimate of drug-likeness (QED) is 0.788. The van der Waals surface area contributed by atoms with Crippen LogP contribution in [0.5, 0.6) is 0 Å². The first-order chi connectivity index (χ1) is 9.84. The van der Waals surface area contributed by atoms with Crippen molar-refractivity contribution in [1.29, 1.82) is 0 Å². The molecule has 0 bridgehead atoms. The Labute approximate surface area is 123 Å². The normalized spacial score (nSPS) is 31.3. The second-order valence-electron chi connectivity index (χ2n) is 6.89. The average molecular weight is 279 g/mol. The van der Waals surface area contributed by atoms with Crippen molar-refractivity contribution in [2.45, 2.75) is 82.8 Å². The minimum atomic E-state index is 0.339. The van der Waals surface area contributed by atoms with E-state index in [1.54, 1.807) is 0 Å². The van der Waals surface area contributed by atoms with Crippen LogP contribution in [0.1, 0.15) is 70.6 Å². The second-order valence-corrected chi connectivity index (χ2v) is 6.89. The lowest BCUT2D eigenvalue weighted by Crippen LogP contribution is -2.51. The third-order valence-corrected chi connectivity index (χ3v) is 5.53. The minimum Gasteiger partial charge on any atom is -0.374 e. The van der Waals surface area contributed by atoms with Crippen molar-refractivity contribution in [2.24, 2.45) is 5.92 Å². The zero-order valence-corrected chi connectivity index (χ0v) is 12.7. The van der Waals surface area contributed by atoms with Gasteiger partial charge in [-0.15, -0.1) is 0 Å². The van der Waals surface area contributed by atoms with E-state index in [1.165, 1.54) is 44.9 Å². The maximum absolute atomic E-state index is 12.5. The Balaban J connectivity index is 1.41. The molecule has 0 N–H and O–H groups in total. The van der Waals surface area contributed by atoms with Crippen LogP contribution in [0.3, 0.4) is 0 Å². The highest BCUT2D eigenvalue weighted by Crippen LogP contribution is 2.31. The van der Waals surface area contributed by atoms with Crippen LogP contribution in [-0.4, -0.2) is 36.1 Å². The summed E-state index contributed by atoms with van der Waals surface area (Å²) in [4.78, 5) is 14.6. The average Bonchev–Trinajstić information content (AvgIpc) is 2.96. The molecule has 1 saturated heterocycles. The zero-order chi connectivity index (χ0) is 13.8. The number of hydrogen-bond donors (Lipinski definition) is 0. The van der Waals surface area contributed by atoms with Crippen molar-refractivity contribution in [3.63, 3.8) is 0 Å². The van der Waals surface area contributed by atoms with Crippen molar-refractivity contribution in [2.75, 3.05) is 13.2 Å². The van der Waals surface area contributed by atoms with Crippen LogP contribution in [0.2, 0.25) is 0 Å². The van der Waals surface area contributed by atoms with Gasteiger partial charge in [-0.1, -0.05) is 32.1 Å². The molecule has 1 amide bonds. The lowest BCUT2D eigenvalue weighted by atomic mass is 9.86. The Hall–Kier alpha value is -0.570. The van der Waals surface area contributed by atoms with E-state index >= 15 is 0 Å². The number of carbonyl (C=O) groups is 1. The number of ether oxygens (including phenoxy) is 1. The van der Waals surface area contributed by atoms with Gasteiger partial charge in [-0.05, 0) is 38.0 Å². The third kappa shape index (κ3) is 3.36. The summed E-state index contributed by atoms with van der Waals surface area (Å²) in [6.07, 6.45) is 14.0. The Morgan fingerprint density at radius 3 is 2.75 bits per heavy atom. The zero-order valence-electron chi connectivity index (χ0n) is 12.7. The van der Waals surface area contributed by atoms with E-state index in [4.69, 9.17) is 4.74 Å². The molecule has 1 aliphatic heterocycles. The molecule has 3 rings (SSSR count). The number of nitrogens with zero attached hydrogens (tertiary/aromatic N) is 1. The molecular weight excluding hydrogens is 250 g/mol. The van der Waals surface area contributed by atoms with Gasteiger partial charge in [-0.25, -0.2) is 0 Å². The van der Waals surface area contributed by atoms with E-state index in [0.717, 1.165) is 44.8 Å². The van der Waals surface area contributed by atoms with Crippen LogP contribution in [-0.2, 0) is 9.53 Å². The molecule has 1 heterocycles. The molecule has 0 aromatic heterocycles. The lowest BCUT2D eigenvalue weighted by molar-refractivity contribution is -0.144. The monoisotopic (exact) mass is 279 g/mol. The van der Waals surface area contributed by atoms with Gasteiger partial charge < -0.3 is 9.64 Å². The van der Waals surface area contributed by atoms with Gasteiger partial charge in [0.05, 0.1) is 18.8 Å². The fourth-order valence-electron chi connectivity index (χ4n) is 4.40. The molecule has 0 aromatic carbocycles. The van der Waals surface area contributed by atoms with Crippen LogP contribution in [0.4, 0.5) is 0 Å². The fourth-order valence-corrected chi connectivity index (χ4v) is 4.40. The van der Waals surface area contributed by atoms with Gasteiger partial charge in [-0.2, -0.15) is 0 Å². The number of hydrogen-bond acceptors (Lipinski definition) is 2. The number of carbonyl (C=O) groups excluding carboxylic acids is 1. The first-order valence-electron chi connectivity index (χ1n) is 8.75. The summed E-state index contributed by atoms with van der Waals surface area (Å²) in [5, 5.41) is 0. The summed E-state index contributed by atoms with van der Waals surface area (Å²) in [6.45, 7) is 1.57. The summed E-state index contributed by atoms with van der Waals surface area (Å²) in [5.41, 5.74) is 0. The molecule has 0 spiro atoms. The standard InChI is InChI=1S/C17H29NO2/c19-17(11-4-8-14-6-2-1-3-7-14)18-12-13-20-16-10-5-9-15(16)18/h14-16H,1-13H2/t15-,16-/m1/s1. The van der Waals surface area contributed by atoms with Crippen LogP contribution < -0.4 is 0 Å². The van der Waals surface area contributed by atoms with Gasteiger partial charge in [0.1, 0.15) is 0 Å². The molecule has 0 radical (unpaired) electrons. The number of fused-ring (bicyclic) bond motifs is 1. The van der Waals surface area contributed by atoms with Gasteiger partial charge >= 0.3 is 0 Å². The number of morpholine rings is 1. The molecule has 20 heavy (non-hydrogen) atoms. The first kappa shape index (κ1) is 14.4. The molecule has 0 unspecified atom stereocenters. The van der Waals surface area contributed by atoms with Crippen LogP contribution in [0, 0.1) is 5.92 Å². The second kappa shape index (κ2) is 6.93. The van der Waals surface area contributed by atoms with Gasteiger partial charge in [0.25, 0.3) is 0 Å². The summed E-state index contributed by atoms with van der Waals surface area (Å²) < 4.78 is 5.79. The lowest BCUT2D eigenvalue weighted by Gasteiger charge is -2.37. The van der Waals surface area contributed by atoms with Crippen molar-refractivity contribution in [1.82, 2.24) is 4.90 Å². The highest BCUT2D eigenvalue weighted by atomic mass is 16.5. The fraction of sp³-hybridized carbons (Fsp3) is 0.941. The van der Waals surface area contributed by atoms with E-state index < -0.39 is 0 Å². The molecular formula is C17H29NO2. The van der Waals surface area contributed by atoms with Gasteiger partial charge in [0.15, 0.2) is 0 Å². The van der Waals surface area contributed by atoms with E-state index in [0.29, 0.717) is 18.1 Å². The topological polar surface area (TPSA) is 29.5 Å². The number of amides is 1. The van der Waals surface area contributed by atoms with Crippen LogP contribution >= 0.6 is 0 Å². The third-order valence-electron chi connectivity index (χ3n) is 5.53. The number of rotatable bonds is 4. The van der Waals surface area contributed by atoms with Gasteiger partial charge in [0, 0.05) is 13.0 Å². The summed E-state index contributed by atoms with van der Waals surface area (Å²) in [7, 11) is 0. The van der Waals surface area contributed by atoms with Crippen LogP contribution in [0.15, 0.2) is 0 Å². The van der Waals surface area contributed by atoms with Crippen molar-refractivity contribution in [3.05, 3.63) is 0 Å². The molecule has 114 valence electrons. The van der Waals surface area contributed by atoms with Gasteiger partial charge in [0.2, 0.25) is 5.91 Å². The largest absolute Gasteiger partial charge is 0.374 e. The molecule has 2 atom stereocenters. The molecule has 0 aromatic rings. The predicted octanol–water partition coefficient (Wildman–Crippen LogP) is 3.52. The summed E-state index contributed by atoms with van der Waals surface area (Å²) in [6, 6.07) is 0.394. The summed E-state index contributed by atoms with van der Waals surface area (Å²) >= 11 is 0. The van der Waals surface area contributed by atoms with Crippen molar-refractivity contribution in [3.8, 4) is 0 Å². The maximum atomic E-state index is 12.5. The Bertz CT molecular complexity index is 325. The highest BCUT2D eigenvalue weighted by molar-refractivity contribution is 5.76. The Morgan fingerprint density at radius 1 is 1.05 bits per heavy atom.